The van der Waals surface area contributed by atoms with Crippen molar-refractivity contribution in [2.75, 3.05) is 19.6 Å². The molecule has 2 rings (SSSR count). The topological polar surface area (TPSA) is 119 Å². The number of nitrogens with one attached hydrogen (secondary N) is 2. The zero-order valence-corrected chi connectivity index (χ0v) is 9.63. The van der Waals surface area contributed by atoms with E-state index in [0.717, 1.165) is 4.90 Å². The molecule has 0 saturated carbocycles. The molecule has 2 aliphatic heterocycles. The van der Waals surface area contributed by atoms with E-state index >= 15 is 0 Å². The zero-order valence-electron chi connectivity index (χ0n) is 9.63. The molecule has 100 valence electrons. The van der Waals surface area contributed by atoms with Gasteiger partial charge in [-0.15, -0.1) is 0 Å². The molecule has 3 atom stereocenters. The lowest BCUT2D eigenvalue weighted by atomic mass is 10.1. The fraction of sp³-hybridized carbons (Fsp3) is 0.700. The predicted molar refractivity (Wildman–Crippen MR) is 58.6 cm³/mol. The van der Waals surface area contributed by atoms with E-state index in [1.165, 1.54) is 0 Å². The summed E-state index contributed by atoms with van der Waals surface area (Å²) in [6.07, 6.45) is -0.770. The maximum atomic E-state index is 12.1. The number of aliphatic hydroxyl groups excluding tert-OH is 1. The Labute approximate surface area is 103 Å². The summed E-state index contributed by atoms with van der Waals surface area (Å²) in [7, 11) is 0. The lowest BCUT2D eigenvalue weighted by Crippen LogP contribution is -2.59. The van der Waals surface area contributed by atoms with E-state index in [1.54, 1.807) is 0 Å². The molecule has 8 heteroatoms. The van der Waals surface area contributed by atoms with E-state index in [1.807, 2.05) is 0 Å². The molecule has 0 radical (unpaired) electrons. The van der Waals surface area contributed by atoms with Gasteiger partial charge < -0.3 is 20.4 Å². The Morgan fingerprint density at radius 3 is 2.67 bits per heavy atom. The summed E-state index contributed by atoms with van der Waals surface area (Å²) < 4.78 is 0. The zero-order chi connectivity index (χ0) is 13.3. The first-order valence-corrected chi connectivity index (χ1v) is 5.70. The van der Waals surface area contributed by atoms with Gasteiger partial charge in [0.15, 0.2) is 0 Å². The second kappa shape index (κ2) is 4.91. The smallest absolute Gasteiger partial charge is 0.326 e. The Bertz CT molecular complexity index is 376. The van der Waals surface area contributed by atoms with Gasteiger partial charge in [-0.05, 0) is 0 Å². The van der Waals surface area contributed by atoms with E-state index < -0.39 is 30.1 Å². The number of nitrogens with zero attached hydrogens (tertiary/aromatic N) is 1. The van der Waals surface area contributed by atoms with Crippen molar-refractivity contribution in [1.82, 2.24) is 15.5 Å². The number of amides is 2. The van der Waals surface area contributed by atoms with Crippen LogP contribution in [0, 0.1) is 0 Å². The van der Waals surface area contributed by atoms with Gasteiger partial charge in [-0.1, -0.05) is 0 Å². The van der Waals surface area contributed by atoms with E-state index in [4.69, 9.17) is 5.11 Å². The summed E-state index contributed by atoms with van der Waals surface area (Å²) in [5.74, 6) is -1.73. The number of carbonyl (C=O) groups is 3. The number of likely N-dealkylation sites (tertiary alicyclic amines) is 1. The minimum Gasteiger partial charge on any atom is -0.480 e. The second-order valence-electron chi connectivity index (χ2n) is 4.47. The lowest BCUT2D eigenvalue weighted by molar-refractivity contribution is -0.149. The number of carboxylic acids is 1. The van der Waals surface area contributed by atoms with Gasteiger partial charge in [0.1, 0.15) is 12.1 Å². The molecule has 2 heterocycles. The molecule has 0 aromatic carbocycles. The Morgan fingerprint density at radius 1 is 1.39 bits per heavy atom. The first-order valence-electron chi connectivity index (χ1n) is 5.70. The number of β-amino-alcohol motifs (C(OH)–C–C–N with tert-alkyl or cyclic N) is 1. The molecule has 0 bridgehead atoms. The summed E-state index contributed by atoms with van der Waals surface area (Å²) >= 11 is 0. The summed E-state index contributed by atoms with van der Waals surface area (Å²) in [5, 5.41) is 23.7. The van der Waals surface area contributed by atoms with Crippen molar-refractivity contribution in [3.05, 3.63) is 0 Å². The highest BCUT2D eigenvalue weighted by molar-refractivity contribution is 5.90. The molecular formula is C10H15N3O5. The van der Waals surface area contributed by atoms with Crippen molar-refractivity contribution < 1.29 is 24.6 Å². The predicted octanol–water partition coefficient (Wildman–Crippen LogP) is -2.88. The van der Waals surface area contributed by atoms with Gasteiger partial charge in [-0.2, -0.15) is 0 Å². The molecule has 2 saturated heterocycles. The summed E-state index contributed by atoms with van der Waals surface area (Å²) in [5.41, 5.74) is 0. The Kier molecular flexibility index (Phi) is 3.48. The molecule has 2 fully saturated rings. The van der Waals surface area contributed by atoms with Crippen LogP contribution in [-0.2, 0) is 14.4 Å². The maximum Gasteiger partial charge on any atom is 0.326 e. The fourth-order valence-corrected chi connectivity index (χ4v) is 2.23. The number of aliphatic hydroxyl groups is 1. The number of carbonyl (C=O) groups excluding carboxylic acids is 2. The average Bonchev–Trinajstić information content (AvgIpc) is 2.71. The lowest BCUT2D eigenvalue weighted by Gasteiger charge is -2.29. The van der Waals surface area contributed by atoms with Crippen LogP contribution in [0.5, 0.6) is 0 Å². The molecule has 0 aromatic rings. The van der Waals surface area contributed by atoms with Gasteiger partial charge in [0.25, 0.3) is 0 Å². The van der Waals surface area contributed by atoms with E-state index in [-0.39, 0.29) is 32.0 Å². The highest BCUT2D eigenvalue weighted by atomic mass is 16.4. The molecular weight excluding hydrogens is 242 g/mol. The standard InChI is InChI=1S/C10H15N3O5/c14-5-1-7(10(17)18)13(4-5)9(16)6-2-12-8(15)3-11-6/h5-7,11,14H,1-4H2,(H,12,15)(H,17,18)/t5-,6?,7+/m1/s1. The van der Waals surface area contributed by atoms with Crippen LogP contribution in [0.2, 0.25) is 0 Å². The molecule has 0 aliphatic carbocycles. The van der Waals surface area contributed by atoms with Crippen LogP contribution in [0.1, 0.15) is 6.42 Å². The number of rotatable bonds is 2. The van der Waals surface area contributed by atoms with Crippen molar-refractivity contribution in [3.63, 3.8) is 0 Å². The van der Waals surface area contributed by atoms with Crippen LogP contribution in [0.15, 0.2) is 0 Å². The Balaban J connectivity index is 2.03. The first kappa shape index (κ1) is 12.8. The summed E-state index contributed by atoms with van der Waals surface area (Å²) in [6, 6.07) is -1.62. The van der Waals surface area contributed by atoms with Crippen molar-refractivity contribution in [3.8, 4) is 0 Å². The fourth-order valence-electron chi connectivity index (χ4n) is 2.23. The van der Waals surface area contributed by atoms with Crippen LogP contribution >= 0.6 is 0 Å². The molecule has 0 aromatic heterocycles. The number of aliphatic carboxylic acids is 1. The third-order valence-corrected chi connectivity index (χ3v) is 3.16. The molecule has 1 unspecified atom stereocenters. The van der Waals surface area contributed by atoms with Crippen molar-refractivity contribution in [2.45, 2.75) is 24.6 Å². The molecule has 4 N–H and O–H groups in total. The van der Waals surface area contributed by atoms with Crippen molar-refractivity contribution >= 4 is 17.8 Å². The third kappa shape index (κ3) is 2.44. The summed E-state index contributed by atoms with van der Waals surface area (Å²) in [4.78, 5) is 35.2. The monoisotopic (exact) mass is 257 g/mol. The summed E-state index contributed by atoms with van der Waals surface area (Å²) in [6.45, 7) is 0.184. The van der Waals surface area contributed by atoms with Crippen LogP contribution in [-0.4, -0.2) is 70.7 Å². The quantitative estimate of drug-likeness (QED) is 0.422. The van der Waals surface area contributed by atoms with Crippen molar-refractivity contribution in [2.24, 2.45) is 0 Å². The molecule has 18 heavy (non-hydrogen) atoms. The second-order valence-corrected chi connectivity index (χ2v) is 4.47. The third-order valence-electron chi connectivity index (χ3n) is 3.16. The maximum absolute atomic E-state index is 12.1. The van der Waals surface area contributed by atoms with Crippen molar-refractivity contribution in [1.29, 1.82) is 0 Å². The average molecular weight is 257 g/mol. The highest BCUT2D eigenvalue weighted by Gasteiger charge is 2.41. The molecule has 2 aliphatic rings. The SMILES string of the molecule is O=C1CNC(C(=O)N2C[C@H](O)C[C@H]2C(=O)O)CN1. The minimum atomic E-state index is -1.13. The van der Waals surface area contributed by atoms with Gasteiger partial charge in [-0.3, -0.25) is 14.9 Å². The van der Waals surface area contributed by atoms with Crippen LogP contribution in [0.25, 0.3) is 0 Å². The minimum absolute atomic E-state index is 0.0158. The number of hydrogen-bond donors (Lipinski definition) is 4. The van der Waals surface area contributed by atoms with Crippen LogP contribution in [0.3, 0.4) is 0 Å². The first-order chi connectivity index (χ1) is 8.49. The molecule has 2 amide bonds. The Morgan fingerprint density at radius 2 is 2.11 bits per heavy atom. The van der Waals surface area contributed by atoms with E-state index in [0.29, 0.717) is 0 Å². The van der Waals surface area contributed by atoms with E-state index in [9.17, 15) is 19.5 Å². The highest BCUT2D eigenvalue weighted by Crippen LogP contribution is 2.19. The van der Waals surface area contributed by atoms with Crippen LogP contribution < -0.4 is 10.6 Å². The normalized spacial score (nSPS) is 32.2. The van der Waals surface area contributed by atoms with Gasteiger partial charge >= 0.3 is 5.97 Å². The van der Waals surface area contributed by atoms with Gasteiger partial charge in [0, 0.05) is 19.5 Å². The van der Waals surface area contributed by atoms with E-state index in [2.05, 4.69) is 10.6 Å². The largest absolute Gasteiger partial charge is 0.480 e. The number of hydrogen-bond acceptors (Lipinski definition) is 5. The van der Waals surface area contributed by atoms with Crippen LogP contribution in [0.4, 0.5) is 0 Å². The number of carboxylic acid groups (broad SMARTS) is 1. The number of piperazine rings is 1. The Hall–Kier alpha value is -1.67. The molecule has 8 nitrogen and oxygen atoms in total. The van der Waals surface area contributed by atoms with Gasteiger partial charge in [0.2, 0.25) is 11.8 Å². The van der Waals surface area contributed by atoms with Gasteiger partial charge in [0.05, 0.1) is 12.6 Å². The van der Waals surface area contributed by atoms with Gasteiger partial charge in [-0.25, -0.2) is 4.79 Å². The molecule has 0 spiro atoms.